The van der Waals surface area contributed by atoms with Gasteiger partial charge in [-0.2, -0.15) is 0 Å². The molecule has 4 fully saturated rings. The highest BCUT2D eigenvalue weighted by molar-refractivity contribution is 5.82. The van der Waals surface area contributed by atoms with Gasteiger partial charge in [-0.25, -0.2) is 0 Å². The van der Waals surface area contributed by atoms with Gasteiger partial charge < -0.3 is 0 Å². The molecule has 2 unspecified atom stereocenters. The van der Waals surface area contributed by atoms with Crippen molar-refractivity contribution in [1.29, 1.82) is 0 Å². The Kier molecular flexibility index (Phi) is 1.20. The molecule has 4 bridgehead atoms. The van der Waals surface area contributed by atoms with E-state index in [1.807, 2.05) is 0 Å². The van der Waals surface area contributed by atoms with Gasteiger partial charge in [-0.1, -0.05) is 0 Å². The van der Waals surface area contributed by atoms with Crippen LogP contribution in [0.3, 0.4) is 0 Å². The van der Waals surface area contributed by atoms with Gasteiger partial charge in [0.05, 0.1) is 0 Å². The summed E-state index contributed by atoms with van der Waals surface area (Å²) in [6.07, 6.45) is 6.25. The number of fused-ring (bicyclic) bond motifs is 1. The zero-order valence-corrected chi connectivity index (χ0v) is 7.38. The normalized spacial score (nSPS) is 58.5. The van der Waals surface area contributed by atoms with E-state index in [0.29, 0.717) is 17.8 Å². The van der Waals surface area contributed by atoms with Crippen molar-refractivity contribution in [2.24, 2.45) is 23.6 Å². The Morgan fingerprint density at radius 3 is 2.25 bits per heavy atom. The van der Waals surface area contributed by atoms with E-state index in [9.17, 15) is 4.79 Å². The molecule has 1 nitrogen and oxygen atoms in total. The molecule has 0 aromatic rings. The van der Waals surface area contributed by atoms with Crippen molar-refractivity contribution in [2.45, 2.75) is 38.5 Å². The first-order valence-electron chi connectivity index (χ1n) is 5.69. The molecule has 1 heteroatoms. The van der Waals surface area contributed by atoms with E-state index in [1.54, 1.807) is 0 Å². The van der Waals surface area contributed by atoms with Crippen molar-refractivity contribution in [2.75, 3.05) is 0 Å². The van der Waals surface area contributed by atoms with Gasteiger partial charge in [-0.3, -0.25) is 4.79 Å². The molecule has 0 spiro atoms. The van der Waals surface area contributed by atoms with Crippen LogP contribution in [0.15, 0.2) is 0 Å². The summed E-state index contributed by atoms with van der Waals surface area (Å²) in [4.78, 5) is 11.8. The van der Waals surface area contributed by atoms with Gasteiger partial charge in [-0.05, 0) is 49.9 Å². The Morgan fingerprint density at radius 2 is 1.58 bits per heavy atom. The Labute approximate surface area is 74.9 Å². The Balaban J connectivity index is 2.02. The average Bonchev–Trinajstić information content (AvgIpc) is 2.12. The van der Waals surface area contributed by atoms with Crippen molar-refractivity contribution in [1.82, 2.24) is 0 Å². The van der Waals surface area contributed by atoms with Gasteiger partial charge >= 0.3 is 0 Å². The van der Waals surface area contributed by atoms with Gasteiger partial charge in [-0.15, -0.1) is 0 Å². The Bertz CT molecular complexity index is 247. The zero-order valence-electron chi connectivity index (χ0n) is 8.38. The molecule has 4 aliphatic carbocycles. The van der Waals surface area contributed by atoms with Crippen molar-refractivity contribution < 1.29 is 6.17 Å². The van der Waals surface area contributed by atoms with E-state index >= 15 is 0 Å². The van der Waals surface area contributed by atoms with E-state index in [2.05, 4.69) is 0 Å². The molecule has 0 aromatic heterocycles. The first-order valence-corrected chi connectivity index (χ1v) is 5.19. The highest BCUT2D eigenvalue weighted by atomic mass is 16.1. The molecule has 0 saturated heterocycles. The first kappa shape index (κ1) is 6.17. The van der Waals surface area contributed by atoms with Crippen LogP contribution >= 0.6 is 0 Å². The minimum Gasteiger partial charge on any atom is -0.299 e. The Morgan fingerprint density at radius 1 is 1.00 bits per heavy atom. The lowest BCUT2D eigenvalue weighted by atomic mass is 9.68. The molecule has 0 aromatic carbocycles. The van der Waals surface area contributed by atoms with Crippen LogP contribution in [0, 0.1) is 23.6 Å². The summed E-state index contributed by atoms with van der Waals surface area (Å²) in [5.41, 5.74) is 0. The monoisotopic (exact) mass is 165 g/mol. The second-order valence-electron chi connectivity index (χ2n) is 4.94. The third kappa shape index (κ3) is 0.949. The summed E-state index contributed by atoms with van der Waals surface area (Å²) in [5.74, 6) is 1.66. The van der Waals surface area contributed by atoms with Crippen LogP contribution in [0.4, 0.5) is 0 Å². The number of hydrogen-bond acceptors (Lipinski definition) is 1. The topological polar surface area (TPSA) is 17.1 Å². The third-order valence-corrected chi connectivity index (χ3v) is 3.94. The van der Waals surface area contributed by atoms with Crippen molar-refractivity contribution in [3.8, 4) is 0 Å². The fourth-order valence-electron chi connectivity index (χ4n) is 3.62. The molecule has 4 aliphatic rings. The summed E-state index contributed by atoms with van der Waals surface area (Å²) in [6.45, 7) is 0. The minimum atomic E-state index is -0.654. The summed E-state index contributed by atoms with van der Waals surface area (Å²) >= 11 is 0. The fourth-order valence-corrected chi connectivity index (χ4v) is 3.62. The van der Waals surface area contributed by atoms with E-state index < -0.39 is 5.89 Å². The van der Waals surface area contributed by atoms with E-state index in [0.717, 1.165) is 19.3 Å². The SMILES string of the molecule is [2H]C12C[C@@H]3CC(CC1=O)C[C@@H](C3)C2. The molecule has 0 radical (unpaired) electrons. The molecule has 66 valence electrons. The summed E-state index contributed by atoms with van der Waals surface area (Å²) < 4.78 is 8.20. The molecule has 4 atom stereocenters. The summed E-state index contributed by atoms with van der Waals surface area (Å²) in [5, 5.41) is 0. The van der Waals surface area contributed by atoms with Gasteiger partial charge in [0, 0.05) is 13.7 Å². The Hall–Kier alpha value is -0.330. The van der Waals surface area contributed by atoms with E-state index in [1.165, 1.54) is 19.3 Å². The molecule has 0 aliphatic heterocycles. The van der Waals surface area contributed by atoms with Crippen molar-refractivity contribution >= 4 is 5.78 Å². The number of hydrogen-bond donors (Lipinski definition) is 0. The van der Waals surface area contributed by atoms with E-state index in [4.69, 9.17) is 1.37 Å². The zero-order chi connectivity index (χ0) is 9.05. The minimum absolute atomic E-state index is 0.252. The molecule has 0 N–H and O–H groups in total. The molecular formula is C11H16O. The lowest BCUT2D eigenvalue weighted by molar-refractivity contribution is -0.123. The molecular weight excluding hydrogens is 148 g/mol. The van der Waals surface area contributed by atoms with Crippen molar-refractivity contribution in [3.05, 3.63) is 0 Å². The summed E-state index contributed by atoms with van der Waals surface area (Å²) in [7, 11) is 0. The molecule has 4 saturated carbocycles. The lowest BCUT2D eigenvalue weighted by Crippen LogP contribution is -2.27. The van der Waals surface area contributed by atoms with Crippen molar-refractivity contribution in [3.63, 3.8) is 0 Å². The van der Waals surface area contributed by atoms with Crippen LogP contribution in [0.1, 0.15) is 39.9 Å². The molecule has 0 heterocycles. The highest BCUT2D eigenvalue weighted by Gasteiger charge is 2.42. The van der Waals surface area contributed by atoms with Crippen LogP contribution in [-0.2, 0) is 4.79 Å². The highest BCUT2D eigenvalue weighted by Crippen LogP contribution is 2.49. The second kappa shape index (κ2) is 2.34. The number of carbonyl (C=O) groups is 1. The standard InChI is InChI=1S/C11H16O/c12-11-6-9-2-7-1-8(3-9)5-10(11)4-7/h7-10H,1-6H2/t7-,8+,9?,10?/i10D. The predicted octanol–water partition coefficient (Wildman–Crippen LogP) is 2.40. The molecule has 4 rings (SSSR count). The predicted molar refractivity (Wildman–Crippen MR) is 46.7 cm³/mol. The lowest BCUT2D eigenvalue weighted by Gasteiger charge is -2.37. The smallest absolute Gasteiger partial charge is 0.136 e. The quantitative estimate of drug-likeness (QED) is 0.538. The maximum Gasteiger partial charge on any atom is 0.136 e. The van der Waals surface area contributed by atoms with Gasteiger partial charge in [0.2, 0.25) is 0 Å². The number of rotatable bonds is 0. The van der Waals surface area contributed by atoms with Gasteiger partial charge in [0.1, 0.15) is 5.78 Å². The van der Waals surface area contributed by atoms with Crippen LogP contribution in [-0.4, -0.2) is 5.78 Å². The van der Waals surface area contributed by atoms with Crippen LogP contribution in [0.5, 0.6) is 0 Å². The summed E-state index contributed by atoms with van der Waals surface area (Å²) in [6, 6.07) is 0. The maximum atomic E-state index is 11.8. The van der Waals surface area contributed by atoms with Crippen LogP contribution in [0.25, 0.3) is 0 Å². The second-order valence-corrected chi connectivity index (χ2v) is 4.94. The number of carbonyl (C=O) groups excluding carboxylic acids is 1. The van der Waals surface area contributed by atoms with Gasteiger partial charge in [0.25, 0.3) is 0 Å². The first-order chi connectivity index (χ1) is 6.16. The number of ketones is 1. The van der Waals surface area contributed by atoms with Crippen LogP contribution < -0.4 is 0 Å². The van der Waals surface area contributed by atoms with E-state index in [-0.39, 0.29) is 5.78 Å². The molecule has 0 amide bonds. The fraction of sp³-hybridized carbons (Fsp3) is 0.909. The van der Waals surface area contributed by atoms with Crippen LogP contribution in [0.2, 0.25) is 0 Å². The third-order valence-electron chi connectivity index (χ3n) is 3.94. The molecule has 12 heavy (non-hydrogen) atoms. The average molecular weight is 165 g/mol. The number of Topliss-reactive ketones (excluding diaryl/α,β-unsaturated/α-hetero) is 1. The van der Waals surface area contributed by atoms with Gasteiger partial charge in [0.15, 0.2) is 0 Å². The largest absolute Gasteiger partial charge is 0.299 e. The maximum absolute atomic E-state index is 11.8.